The van der Waals surface area contributed by atoms with Crippen LogP contribution in [-0.2, 0) is 17.8 Å². The van der Waals surface area contributed by atoms with E-state index in [4.69, 9.17) is 0 Å². The predicted molar refractivity (Wildman–Crippen MR) is 92.8 cm³/mol. The summed E-state index contributed by atoms with van der Waals surface area (Å²) in [7, 11) is 0. The first-order valence-corrected chi connectivity index (χ1v) is 8.51. The van der Waals surface area contributed by atoms with E-state index in [2.05, 4.69) is 5.32 Å². The average molecular weight is 336 g/mol. The average Bonchev–Trinajstić information content (AvgIpc) is 3.12. The van der Waals surface area contributed by atoms with Gasteiger partial charge >= 0.3 is 0 Å². The van der Waals surface area contributed by atoms with Crippen molar-refractivity contribution in [2.45, 2.75) is 38.1 Å². The molecule has 3 atom stereocenters. The highest BCUT2D eigenvalue weighted by Crippen LogP contribution is 2.32. The number of rotatable bonds is 3. The van der Waals surface area contributed by atoms with Crippen LogP contribution in [0.4, 0.5) is 0 Å². The molecule has 5 heteroatoms. The van der Waals surface area contributed by atoms with Crippen LogP contribution in [-0.4, -0.2) is 34.0 Å². The van der Waals surface area contributed by atoms with Gasteiger partial charge in [0, 0.05) is 18.5 Å². The molecule has 25 heavy (non-hydrogen) atoms. The molecule has 1 heterocycles. The molecule has 0 saturated heterocycles. The number of carbonyl (C=O) groups is 2. The van der Waals surface area contributed by atoms with E-state index in [1.54, 1.807) is 17.9 Å². The Bertz CT molecular complexity index is 848. The van der Waals surface area contributed by atoms with Crippen LogP contribution in [0.25, 0.3) is 0 Å². The van der Waals surface area contributed by atoms with Crippen molar-refractivity contribution in [2.75, 3.05) is 0 Å². The van der Waals surface area contributed by atoms with Crippen LogP contribution in [0.2, 0.25) is 0 Å². The first-order chi connectivity index (χ1) is 12.1. The Kier molecular flexibility index (Phi) is 3.81. The maximum absolute atomic E-state index is 12.7. The molecule has 2 aromatic rings. The van der Waals surface area contributed by atoms with Crippen molar-refractivity contribution in [1.82, 2.24) is 10.2 Å². The number of nitrogens with one attached hydrogen (secondary N) is 1. The minimum absolute atomic E-state index is 0.120. The number of fused-ring (bicyclic) bond motifs is 2. The van der Waals surface area contributed by atoms with E-state index in [0.717, 1.165) is 16.7 Å². The number of amides is 2. The highest BCUT2D eigenvalue weighted by Gasteiger charge is 2.37. The predicted octanol–water partition coefficient (Wildman–Crippen LogP) is 1.81. The zero-order valence-corrected chi connectivity index (χ0v) is 14.0. The fourth-order valence-electron chi connectivity index (χ4n) is 3.75. The van der Waals surface area contributed by atoms with Gasteiger partial charge in [0.2, 0.25) is 5.91 Å². The van der Waals surface area contributed by atoms with Crippen molar-refractivity contribution in [2.24, 2.45) is 0 Å². The molecule has 5 nitrogen and oxygen atoms in total. The molecule has 2 aromatic carbocycles. The molecule has 0 saturated carbocycles. The Hall–Kier alpha value is -2.66. The van der Waals surface area contributed by atoms with Crippen LogP contribution in [0.5, 0.6) is 0 Å². The summed E-state index contributed by atoms with van der Waals surface area (Å²) in [5.41, 5.74) is 3.61. The quantitative estimate of drug-likeness (QED) is 0.898. The second-order valence-electron chi connectivity index (χ2n) is 6.72. The van der Waals surface area contributed by atoms with Gasteiger partial charge in [-0.05, 0) is 29.7 Å². The van der Waals surface area contributed by atoms with Crippen LogP contribution >= 0.6 is 0 Å². The van der Waals surface area contributed by atoms with E-state index >= 15 is 0 Å². The molecule has 2 aliphatic rings. The van der Waals surface area contributed by atoms with Crippen LogP contribution < -0.4 is 5.32 Å². The zero-order chi connectivity index (χ0) is 17.6. The van der Waals surface area contributed by atoms with Crippen molar-refractivity contribution in [3.63, 3.8) is 0 Å². The largest absolute Gasteiger partial charge is 0.390 e. The van der Waals surface area contributed by atoms with Crippen LogP contribution in [0.15, 0.2) is 48.5 Å². The lowest BCUT2D eigenvalue weighted by atomic mass is 10.1. The highest BCUT2D eigenvalue weighted by atomic mass is 16.3. The lowest BCUT2D eigenvalue weighted by molar-refractivity contribution is -0.126. The highest BCUT2D eigenvalue weighted by molar-refractivity contribution is 6.01. The summed E-state index contributed by atoms with van der Waals surface area (Å²) in [6, 6.07) is 14.1. The van der Waals surface area contributed by atoms with Crippen molar-refractivity contribution in [3.05, 3.63) is 70.8 Å². The van der Waals surface area contributed by atoms with Gasteiger partial charge in [-0.2, -0.15) is 0 Å². The second-order valence-corrected chi connectivity index (χ2v) is 6.72. The zero-order valence-electron chi connectivity index (χ0n) is 14.0. The summed E-state index contributed by atoms with van der Waals surface area (Å²) in [6.45, 7) is 2.17. The smallest absolute Gasteiger partial charge is 0.255 e. The van der Waals surface area contributed by atoms with Gasteiger partial charge in [-0.1, -0.05) is 42.5 Å². The van der Waals surface area contributed by atoms with E-state index < -0.39 is 18.2 Å². The Morgan fingerprint density at radius 1 is 1.16 bits per heavy atom. The molecule has 1 aliphatic carbocycles. The third kappa shape index (κ3) is 2.61. The maximum atomic E-state index is 12.7. The Morgan fingerprint density at radius 3 is 2.60 bits per heavy atom. The normalized spacial score (nSPS) is 22.5. The SMILES string of the molecule is CC(C(=O)N[C@H]1c2ccccc2C[C@H]1O)N1Cc2ccccc2C1=O. The van der Waals surface area contributed by atoms with Crippen molar-refractivity contribution in [3.8, 4) is 0 Å². The van der Waals surface area contributed by atoms with Crippen molar-refractivity contribution in [1.29, 1.82) is 0 Å². The van der Waals surface area contributed by atoms with E-state index in [0.29, 0.717) is 18.5 Å². The summed E-state index contributed by atoms with van der Waals surface area (Å²) in [5.74, 6) is -0.368. The fourth-order valence-corrected chi connectivity index (χ4v) is 3.75. The fraction of sp³-hybridized carbons (Fsp3) is 0.300. The topological polar surface area (TPSA) is 69.6 Å². The molecule has 0 radical (unpaired) electrons. The Morgan fingerprint density at radius 2 is 1.84 bits per heavy atom. The van der Waals surface area contributed by atoms with E-state index in [-0.39, 0.29) is 11.8 Å². The van der Waals surface area contributed by atoms with E-state index in [9.17, 15) is 14.7 Å². The molecule has 2 N–H and O–H groups in total. The molecular formula is C20H20N2O3. The molecule has 0 aromatic heterocycles. The van der Waals surface area contributed by atoms with Gasteiger partial charge in [0.15, 0.2) is 0 Å². The molecular weight excluding hydrogens is 316 g/mol. The third-order valence-electron chi connectivity index (χ3n) is 5.20. The molecule has 0 fully saturated rings. The minimum atomic E-state index is -0.639. The van der Waals surface area contributed by atoms with Crippen LogP contribution in [0.3, 0.4) is 0 Å². The van der Waals surface area contributed by atoms with Gasteiger partial charge in [0.05, 0.1) is 12.1 Å². The van der Waals surface area contributed by atoms with Gasteiger partial charge < -0.3 is 15.3 Å². The summed E-state index contributed by atoms with van der Waals surface area (Å²) >= 11 is 0. The minimum Gasteiger partial charge on any atom is -0.390 e. The molecule has 1 aliphatic heterocycles. The molecule has 2 amide bonds. The second kappa shape index (κ2) is 6.01. The molecule has 0 spiro atoms. The van der Waals surface area contributed by atoms with E-state index in [1.165, 1.54) is 0 Å². The lowest BCUT2D eigenvalue weighted by Crippen LogP contribution is -2.47. The van der Waals surface area contributed by atoms with Gasteiger partial charge in [0.25, 0.3) is 5.91 Å². The van der Waals surface area contributed by atoms with E-state index in [1.807, 2.05) is 42.5 Å². The molecule has 128 valence electrons. The van der Waals surface area contributed by atoms with Gasteiger partial charge in [-0.15, -0.1) is 0 Å². The third-order valence-corrected chi connectivity index (χ3v) is 5.20. The summed E-state index contributed by atoms with van der Waals surface area (Å²) in [5, 5.41) is 13.2. The molecule has 4 rings (SSSR count). The molecule has 0 bridgehead atoms. The first-order valence-electron chi connectivity index (χ1n) is 8.51. The Balaban J connectivity index is 1.50. The number of benzene rings is 2. The lowest BCUT2D eigenvalue weighted by Gasteiger charge is -2.26. The maximum Gasteiger partial charge on any atom is 0.255 e. The standard InChI is InChI=1S/C20H20N2O3/c1-12(22-11-14-7-3-5-9-16(14)20(22)25)19(24)21-18-15-8-4-2-6-13(15)10-17(18)23/h2-9,12,17-18,23H,10-11H2,1H3,(H,21,24)/t12?,17-,18+/m1/s1. The Labute approximate surface area is 146 Å². The van der Waals surface area contributed by atoms with Crippen molar-refractivity contribution < 1.29 is 14.7 Å². The summed E-state index contributed by atoms with van der Waals surface area (Å²) in [4.78, 5) is 26.8. The van der Waals surface area contributed by atoms with Gasteiger partial charge in [0.1, 0.15) is 6.04 Å². The number of hydrogen-bond acceptors (Lipinski definition) is 3. The molecule has 1 unspecified atom stereocenters. The summed E-state index contributed by atoms with van der Waals surface area (Å²) in [6.07, 6.45) is -0.108. The van der Waals surface area contributed by atoms with Crippen LogP contribution in [0, 0.1) is 0 Å². The first kappa shape index (κ1) is 15.8. The van der Waals surface area contributed by atoms with Gasteiger partial charge in [-0.3, -0.25) is 9.59 Å². The number of hydrogen-bond donors (Lipinski definition) is 2. The summed E-state index contributed by atoms with van der Waals surface area (Å²) < 4.78 is 0. The monoisotopic (exact) mass is 336 g/mol. The number of aliphatic hydroxyl groups is 1. The number of nitrogens with zero attached hydrogens (tertiary/aromatic N) is 1. The van der Waals surface area contributed by atoms with Gasteiger partial charge in [-0.25, -0.2) is 0 Å². The number of carbonyl (C=O) groups excluding carboxylic acids is 2. The number of aliphatic hydroxyl groups excluding tert-OH is 1. The van der Waals surface area contributed by atoms with Crippen molar-refractivity contribution >= 4 is 11.8 Å². The van der Waals surface area contributed by atoms with Crippen LogP contribution in [0.1, 0.15) is 40.0 Å².